The first kappa shape index (κ1) is 22.1. The minimum Gasteiger partial charge on any atom is -0.489 e. The van der Waals surface area contributed by atoms with Crippen LogP contribution in [0.15, 0.2) is 41.3 Å². The Morgan fingerprint density at radius 3 is 2.63 bits per heavy atom. The molecule has 0 aliphatic rings. The molecule has 0 spiro atoms. The highest BCUT2D eigenvalue weighted by Gasteiger charge is 2.17. The lowest BCUT2D eigenvalue weighted by Gasteiger charge is -2.16. The molecule has 162 valence electrons. The molecule has 0 aliphatic heterocycles. The molecule has 0 radical (unpaired) electrons. The summed E-state index contributed by atoms with van der Waals surface area (Å²) < 4.78 is 15.6. The summed E-state index contributed by atoms with van der Waals surface area (Å²) in [7, 11) is -1.18. The Morgan fingerprint density at radius 1 is 1.17 bits per heavy atom. The van der Waals surface area contributed by atoms with Gasteiger partial charge in [-0.3, -0.25) is 4.79 Å². The largest absolute Gasteiger partial charge is 0.489 e. The van der Waals surface area contributed by atoms with Gasteiger partial charge >= 0.3 is 0 Å². The molecular weight excluding hydrogens is 396 g/mol. The zero-order valence-electron chi connectivity index (χ0n) is 18.5. The van der Waals surface area contributed by atoms with Crippen LogP contribution in [0.4, 0.5) is 5.69 Å². The summed E-state index contributed by atoms with van der Waals surface area (Å²) in [6.45, 7) is 12.3. The third kappa shape index (κ3) is 5.31. The second-order valence-electron chi connectivity index (χ2n) is 8.99. The minimum absolute atomic E-state index is 0.0359. The van der Waals surface area contributed by atoms with Gasteiger partial charge in [0, 0.05) is 20.9 Å². The molecule has 2 aromatic heterocycles. The number of nitrogens with two attached hydrogens (primary N) is 1. The first-order valence-electron chi connectivity index (χ1n) is 10.3. The fourth-order valence-corrected chi connectivity index (χ4v) is 3.91. The monoisotopic (exact) mass is 428 g/mol. The van der Waals surface area contributed by atoms with E-state index in [-0.39, 0.29) is 17.4 Å². The molecule has 2 N–H and O–H groups in total. The third-order valence-corrected chi connectivity index (χ3v) is 6.47. The summed E-state index contributed by atoms with van der Waals surface area (Å²) in [6.07, 6.45) is 1.76. The molecule has 0 atom stereocenters. The fraction of sp³-hybridized carbons (Fsp3) is 0.455. The van der Waals surface area contributed by atoms with E-state index < -0.39 is 8.07 Å². The van der Waals surface area contributed by atoms with Crippen LogP contribution in [-0.4, -0.2) is 34.9 Å². The van der Waals surface area contributed by atoms with Gasteiger partial charge in [-0.25, -0.2) is 4.98 Å². The Hall–Kier alpha value is -2.58. The number of nitrogens with zero attached hydrogens (tertiary/aromatic N) is 3. The lowest BCUT2D eigenvalue weighted by molar-refractivity contribution is 0.0877. The molecule has 7 nitrogen and oxygen atoms in total. The van der Waals surface area contributed by atoms with Gasteiger partial charge in [0.05, 0.1) is 23.9 Å². The maximum atomic E-state index is 12.4. The van der Waals surface area contributed by atoms with Crippen LogP contribution in [0.3, 0.4) is 0 Å². The van der Waals surface area contributed by atoms with Crippen LogP contribution in [-0.2, 0) is 18.0 Å². The van der Waals surface area contributed by atoms with Gasteiger partial charge in [0.15, 0.2) is 0 Å². The van der Waals surface area contributed by atoms with Crippen molar-refractivity contribution in [3.63, 3.8) is 0 Å². The summed E-state index contributed by atoms with van der Waals surface area (Å²) in [6, 6.07) is 10.3. The molecule has 0 amide bonds. The van der Waals surface area contributed by atoms with Gasteiger partial charge in [0.2, 0.25) is 0 Å². The van der Waals surface area contributed by atoms with Gasteiger partial charge in [-0.2, -0.15) is 0 Å². The highest BCUT2D eigenvalue weighted by Crippen LogP contribution is 2.27. The summed E-state index contributed by atoms with van der Waals surface area (Å²) in [5.74, 6) is 1.45. The lowest BCUT2D eigenvalue weighted by Crippen LogP contribution is -2.24. The van der Waals surface area contributed by atoms with Gasteiger partial charge in [-0.15, -0.1) is 0 Å². The maximum Gasteiger partial charge on any atom is 0.274 e. The van der Waals surface area contributed by atoms with E-state index in [1.165, 1.54) is 0 Å². The first-order chi connectivity index (χ1) is 14.2. The molecule has 0 fully saturated rings. The Balaban J connectivity index is 1.98. The number of anilines is 1. The van der Waals surface area contributed by atoms with Crippen LogP contribution in [0, 0.1) is 0 Å². The predicted molar refractivity (Wildman–Crippen MR) is 124 cm³/mol. The number of rotatable bonds is 9. The molecule has 3 aromatic rings. The lowest BCUT2D eigenvalue weighted by atomic mass is 10.3. The average molecular weight is 429 g/mol. The van der Waals surface area contributed by atoms with E-state index in [1.807, 2.05) is 36.6 Å². The number of fused-ring (bicyclic) bond motifs is 1. The number of benzene rings is 1. The van der Waals surface area contributed by atoms with Gasteiger partial charge in [-0.05, 0) is 44.2 Å². The number of imidazole rings is 1. The van der Waals surface area contributed by atoms with E-state index in [0.29, 0.717) is 19.9 Å². The van der Waals surface area contributed by atoms with Crippen molar-refractivity contribution >= 4 is 24.8 Å². The van der Waals surface area contributed by atoms with Crippen molar-refractivity contribution in [3.05, 3.63) is 52.7 Å². The fourth-order valence-electron chi connectivity index (χ4n) is 3.15. The Morgan fingerprint density at radius 2 is 1.93 bits per heavy atom. The van der Waals surface area contributed by atoms with Crippen molar-refractivity contribution in [1.82, 2.24) is 14.1 Å². The zero-order chi connectivity index (χ0) is 21.9. The molecule has 0 aliphatic carbocycles. The molecule has 0 unspecified atom stereocenters. The second-order valence-corrected chi connectivity index (χ2v) is 14.6. The van der Waals surface area contributed by atoms with E-state index >= 15 is 0 Å². The van der Waals surface area contributed by atoms with E-state index in [2.05, 4.69) is 19.6 Å². The van der Waals surface area contributed by atoms with Crippen LogP contribution in [0.2, 0.25) is 25.7 Å². The number of aromatic nitrogens is 3. The highest BCUT2D eigenvalue weighted by molar-refractivity contribution is 6.76. The van der Waals surface area contributed by atoms with E-state index in [4.69, 9.17) is 20.2 Å². The molecule has 1 aromatic carbocycles. The quantitative estimate of drug-likeness (QED) is 0.412. The van der Waals surface area contributed by atoms with Crippen LogP contribution in [0.25, 0.3) is 11.0 Å². The molecule has 30 heavy (non-hydrogen) atoms. The van der Waals surface area contributed by atoms with E-state index in [9.17, 15) is 4.79 Å². The third-order valence-electron chi connectivity index (χ3n) is 4.76. The van der Waals surface area contributed by atoms with Gasteiger partial charge in [0.25, 0.3) is 5.56 Å². The molecule has 2 heterocycles. The smallest absolute Gasteiger partial charge is 0.274 e. The van der Waals surface area contributed by atoms with E-state index in [1.54, 1.807) is 22.9 Å². The molecule has 8 heteroatoms. The van der Waals surface area contributed by atoms with E-state index in [0.717, 1.165) is 28.7 Å². The van der Waals surface area contributed by atoms with Crippen molar-refractivity contribution in [2.45, 2.75) is 58.9 Å². The molecular formula is C22H32N4O3Si. The predicted octanol–water partition coefficient (Wildman–Crippen LogP) is 3.93. The van der Waals surface area contributed by atoms with Crippen molar-refractivity contribution in [1.29, 1.82) is 0 Å². The van der Waals surface area contributed by atoms with Crippen molar-refractivity contribution in [2.75, 3.05) is 12.3 Å². The molecule has 0 bridgehead atoms. The number of hydrogen-bond donors (Lipinski definition) is 1. The van der Waals surface area contributed by atoms with Gasteiger partial charge < -0.3 is 24.3 Å². The number of nitrogen functional groups attached to an aromatic ring is 1. The van der Waals surface area contributed by atoms with Crippen LogP contribution >= 0.6 is 0 Å². The van der Waals surface area contributed by atoms with Crippen molar-refractivity contribution < 1.29 is 9.47 Å². The normalized spacial score (nSPS) is 12.1. The maximum absolute atomic E-state index is 12.4. The minimum atomic E-state index is -1.18. The SMILES string of the molecule is CC(C)Oc1cccc2c1nc(Cn1cccc(N)c1=O)n2COCC[Si](C)(C)C. The van der Waals surface area contributed by atoms with Crippen molar-refractivity contribution in [2.24, 2.45) is 0 Å². The topological polar surface area (TPSA) is 84.3 Å². The average Bonchev–Trinajstić information content (AvgIpc) is 3.00. The van der Waals surface area contributed by atoms with Crippen molar-refractivity contribution in [3.8, 4) is 5.75 Å². The summed E-state index contributed by atoms with van der Waals surface area (Å²) in [5.41, 5.74) is 7.49. The summed E-state index contributed by atoms with van der Waals surface area (Å²) in [5, 5.41) is 0. The number of hydrogen-bond acceptors (Lipinski definition) is 5. The second kappa shape index (κ2) is 9.05. The summed E-state index contributed by atoms with van der Waals surface area (Å²) >= 11 is 0. The number of pyridine rings is 1. The Bertz CT molecular complexity index is 1070. The van der Waals surface area contributed by atoms with Crippen LogP contribution in [0.5, 0.6) is 5.75 Å². The molecule has 0 saturated carbocycles. The Kier molecular flexibility index (Phi) is 6.67. The zero-order valence-corrected chi connectivity index (χ0v) is 19.5. The standard InChI is InChI=1S/C22H32N4O3Si/c1-16(2)29-19-10-6-9-18-21(19)24-20(14-25-11-7-8-17(23)22(25)27)26(18)15-28-12-13-30(3,4)5/h6-11,16H,12-15,23H2,1-5H3. The number of ether oxygens (including phenoxy) is 2. The first-order valence-corrected chi connectivity index (χ1v) is 14.0. The highest BCUT2D eigenvalue weighted by atomic mass is 28.3. The van der Waals surface area contributed by atoms with Crippen LogP contribution < -0.4 is 16.0 Å². The van der Waals surface area contributed by atoms with Gasteiger partial charge in [-0.1, -0.05) is 25.7 Å². The van der Waals surface area contributed by atoms with Crippen LogP contribution in [0.1, 0.15) is 19.7 Å². The molecule has 3 rings (SSSR count). The summed E-state index contributed by atoms with van der Waals surface area (Å²) in [4.78, 5) is 17.3. The number of para-hydroxylation sites is 1. The Labute approximate surface area is 178 Å². The molecule has 0 saturated heterocycles. The van der Waals surface area contributed by atoms with Gasteiger partial charge in [0.1, 0.15) is 23.8 Å².